The second-order valence-corrected chi connectivity index (χ2v) is 9.22. The maximum atomic E-state index is 13.4. The molecule has 0 bridgehead atoms. The minimum atomic E-state index is -1.15. The van der Waals surface area contributed by atoms with Gasteiger partial charge in [-0.25, -0.2) is 4.39 Å². The zero-order valence-corrected chi connectivity index (χ0v) is 18.9. The number of benzene rings is 1. The summed E-state index contributed by atoms with van der Waals surface area (Å²) in [5.41, 5.74) is -0.368. The molecule has 1 heterocycles. The lowest BCUT2D eigenvalue weighted by Gasteiger charge is -2.43. The number of ether oxygens (including phenoxy) is 4. The predicted molar refractivity (Wildman–Crippen MR) is 115 cm³/mol. The normalized spacial score (nSPS) is 29.5. The molecule has 0 unspecified atom stereocenters. The minimum absolute atomic E-state index is 0.172. The molecule has 0 spiro atoms. The standard InChI is InChI=1S/C24H34FNO5/c1-6-11-28-19-12-24(22(27)26-14-16(2)3,13-20-21(19)31-23(4,5)30-20)29-15-17-7-9-18(25)10-8-17/h6-10,16,19-21H,1,11-15H2,2-5H3,(H,26,27)/t19-,20+,21-,24+/m0/s1. The van der Waals surface area contributed by atoms with Crippen LogP contribution in [0, 0.1) is 11.7 Å². The smallest absolute Gasteiger partial charge is 0.252 e. The third-order valence-electron chi connectivity index (χ3n) is 5.59. The number of hydrogen-bond acceptors (Lipinski definition) is 5. The van der Waals surface area contributed by atoms with Gasteiger partial charge in [-0.3, -0.25) is 4.79 Å². The van der Waals surface area contributed by atoms with E-state index in [9.17, 15) is 9.18 Å². The summed E-state index contributed by atoms with van der Waals surface area (Å²) < 4.78 is 37.8. The number of amides is 1. The van der Waals surface area contributed by atoms with Crippen molar-refractivity contribution in [2.45, 2.75) is 76.8 Å². The van der Waals surface area contributed by atoms with Gasteiger partial charge >= 0.3 is 0 Å². The Kier molecular flexibility index (Phi) is 7.52. The van der Waals surface area contributed by atoms with Crippen molar-refractivity contribution in [3.63, 3.8) is 0 Å². The number of nitrogens with one attached hydrogen (secondary N) is 1. The average Bonchev–Trinajstić information content (AvgIpc) is 3.03. The van der Waals surface area contributed by atoms with E-state index in [1.165, 1.54) is 12.1 Å². The molecule has 2 fully saturated rings. The Hall–Kier alpha value is -1.80. The molecule has 1 N–H and O–H groups in total. The first kappa shape index (κ1) is 23.9. The minimum Gasteiger partial charge on any atom is -0.371 e. The van der Waals surface area contributed by atoms with Gasteiger partial charge in [-0.1, -0.05) is 32.1 Å². The quantitative estimate of drug-likeness (QED) is 0.599. The zero-order valence-electron chi connectivity index (χ0n) is 18.9. The fourth-order valence-electron chi connectivity index (χ4n) is 4.16. The van der Waals surface area contributed by atoms with Gasteiger partial charge in [0, 0.05) is 19.4 Å². The fraction of sp³-hybridized carbons (Fsp3) is 0.625. The average molecular weight is 436 g/mol. The lowest BCUT2D eigenvalue weighted by Crippen LogP contribution is -2.60. The van der Waals surface area contributed by atoms with Crippen LogP contribution in [0.2, 0.25) is 0 Å². The van der Waals surface area contributed by atoms with E-state index in [-0.39, 0.29) is 30.5 Å². The molecule has 1 aromatic carbocycles. The van der Waals surface area contributed by atoms with Crippen molar-refractivity contribution >= 4 is 5.91 Å². The van der Waals surface area contributed by atoms with E-state index in [2.05, 4.69) is 11.9 Å². The van der Waals surface area contributed by atoms with Gasteiger partial charge in [0.1, 0.15) is 11.9 Å². The summed E-state index contributed by atoms with van der Waals surface area (Å²) in [5.74, 6) is -0.980. The third-order valence-corrected chi connectivity index (χ3v) is 5.59. The molecule has 0 aromatic heterocycles. The van der Waals surface area contributed by atoms with Crippen LogP contribution in [0.25, 0.3) is 0 Å². The van der Waals surface area contributed by atoms with Gasteiger partial charge in [-0.05, 0) is 37.5 Å². The molecule has 1 aromatic rings. The molecule has 31 heavy (non-hydrogen) atoms. The van der Waals surface area contributed by atoms with Crippen LogP contribution in [0.4, 0.5) is 4.39 Å². The summed E-state index contributed by atoms with van der Waals surface area (Å²) in [6.45, 7) is 12.6. The summed E-state index contributed by atoms with van der Waals surface area (Å²) >= 11 is 0. The van der Waals surface area contributed by atoms with E-state index in [0.717, 1.165) is 5.56 Å². The van der Waals surface area contributed by atoms with Crippen LogP contribution in [0.5, 0.6) is 0 Å². The third kappa shape index (κ3) is 5.92. The van der Waals surface area contributed by atoms with Crippen LogP contribution in [-0.2, 0) is 30.3 Å². The van der Waals surface area contributed by atoms with Crippen molar-refractivity contribution in [3.05, 3.63) is 48.3 Å². The van der Waals surface area contributed by atoms with Gasteiger partial charge in [0.2, 0.25) is 0 Å². The van der Waals surface area contributed by atoms with Gasteiger partial charge in [0.25, 0.3) is 5.91 Å². The Labute approximate surface area is 184 Å². The highest BCUT2D eigenvalue weighted by molar-refractivity contribution is 5.85. The number of carbonyl (C=O) groups excluding carboxylic acids is 1. The number of fused-ring (bicyclic) bond motifs is 1. The molecular formula is C24H34FNO5. The Morgan fingerprint density at radius 2 is 2.00 bits per heavy atom. The van der Waals surface area contributed by atoms with Crippen LogP contribution in [0.1, 0.15) is 46.1 Å². The SMILES string of the molecule is C=CCO[C@H]1C[C@](OCc2ccc(F)cc2)(C(=O)NCC(C)C)C[C@H]2OC(C)(C)O[C@@H]12. The molecule has 7 heteroatoms. The van der Waals surface area contributed by atoms with Crippen LogP contribution < -0.4 is 5.32 Å². The molecule has 4 atom stereocenters. The summed E-state index contributed by atoms with van der Waals surface area (Å²) in [6.07, 6.45) is 1.31. The summed E-state index contributed by atoms with van der Waals surface area (Å²) in [5, 5.41) is 3.02. The van der Waals surface area contributed by atoms with Crippen molar-refractivity contribution in [3.8, 4) is 0 Å². The fourth-order valence-corrected chi connectivity index (χ4v) is 4.16. The van der Waals surface area contributed by atoms with Crippen molar-refractivity contribution in [1.82, 2.24) is 5.32 Å². The monoisotopic (exact) mass is 435 g/mol. The molecule has 6 nitrogen and oxygen atoms in total. The van der Waals surface area contributed by atoms with Gasteiger partial charge in [0.15, 0.2) is 11.4 Å². The highest BCUT2D eigenvalue weighted by atomic mass is 19.1. The highest BCUT2D eigenvalue weighted by Gasteiger charge is 2.57. The lowest BCUT2D eigenvalue weighted by molar-refractivity contribution is -0.180. The number of rotatable bonds is 9. The molecule has 3 rings (SSSR count). The Bertz CT molecular complexity index is 766. The predicted octanol–water partition coefficient (Wildman–Crippen LogP) is 3.74. The van der Waals surface area contributed by atoms with Crippen LogP contribution in [-0.4, -0.2) is 48.8 Å². The van der Waals surface area contributed by atoms with Gasteiger partial charge in [-0.15, -0.1) is 6.58 Å². The van der Waals surface area contributed by atoms with E-state index in [4.69, 9.17) is 18.9 Å². The van der Waals surface area contributed by atoms with E-state index in [1.807, 2.05) is 27.7 Å². The summed E-state index contributed by atoms with van der Waals surface area (Å²) in [7, 11) is 0. The van der Waals surface area contributed by atoms with Gasteiger partial charge in [-0.2, -0.15) is 0 Å². The Morgan fingerprint density at radius 1 is 1.29 bits per heavy atom. The van der Waals surface area contributed by atoms with Crippen LogP contribution in [0.15, 0.2) is 36.9 Å². The first-order valence-electron chi connectivity index (χ1n) is 10.9. The van der Waals surface area contributed by atoms with Crippen molar-refractivity contribution in [1.29, 1.82) is 0 Å². The number of hydrogen-bond donors (Lipinski definition) is 1. The van der Waals surface area contributed by atoms with Gasteiger partial charge in [0.05, 0.1) is 25.4 Å². The van der Waals surface area contributed by atoms with E-state index in [1.54, 1.807) is 18.2 Å². The van der Waals surface area contributed by atoms with E-state index >= 15 is 0 Å². The first-order valence-corrected chi connectivity index (χ1v) is 10.9. The molecule has 1 aliphatic heterocycles. The number of carbonyl (C=O) groups is 1. The van der Waals surface area contributed by atoms with E-state index < -0.39 is 17.5 Å². The second kappa shape index (κ2) is 9.77. The lowest BCUT2D eigenvalue weighted by atomic mass is 9.78. The molecule has 1 saturated heterocycles. The molecule has 1 saturated carbocycles. The van der Waals surface area contributed by atoms with Crippen molar-refractivity contribution in [2.24, 2.45) is 5.92 Å². The van der Waals surface area contributed by atoms with Crippen LogP contribution >= 0.6 is 0 Å². The maximum Gasteiger partial charge on any atom is 0.252 e. The molecule has 2 aliphatic rings. The molecule has 1 aliphatic carbocycles. The second-order valence-electron chi connectivity index (χ2n) is 9.22. The summed E-state index contributed by atoms with van der Waals surface area (Å²) in [6, 6.07) is 6.08. The van der Waals surface area contributed by atoms with Crippen molar-refractivity contribution in [2.75, 3.05) is 13.2 Å². The first-order chi connectivity index (χ1) is 14.6. The molecule has 1 amide bonds. The molecule has 172 valence electrons. The summed E-state index contributed by atoms with van der Waals surface area (Å²) in [4.78, 5) is 13.4. The van der Waals surface area contributed by atoms with Crippen molar-refractivity contribution < 1.29 is 28.1 Å². The molecular weight excluding hydrogens is 401 g/mol. The highest BCUT2D eigenvalue weighted by Crippen LogP contribution is 2.44. The topological polar surface area (TPSA) is 66.0 Å². The van der Waals surface area contributed by atoms with Gasteiger partial charge < -0.3 is 24.3 Å². The zero-order chi connectivity index (χ0) is 22.6. The van der Waals surface area contributed by atoms with E-state index in [0.29, 0.717) is 31.9 Å². The largest absolute Gasteiger partial charge is 0.371 e. The molecule has 0 radical (unpaired) electrons. The number of halogens is 1. The van der Waals surface area contributed by atoms with Crippen LogP contribution in [0.3, 0.4) is 0 Å². The Balaban J connectivity index is 1.86. The Morgan fingerprint density at radius 3 is 2.65 bits per heavy atom. The maximum absolute atomic E-state index is 13.4.